The first-order chi connectivity index (χ1) is 9.82. The zero-order chi connectivity index (χ0) is 15.7. The van der Waals surface area contributed by atoms with Crippen LogP contribution in [-0.2, 0) is 5.60 Å². The Labute approximate surface area is 133 Å². The Hall–Kier alpha value is -0.730. The molecule has 0 unspecified atom stereocenters. The molecule has 0 radical (unpaired) electrons. The smallest absolute Gasteiger partial charge is 0.125 e. The summed E-state index contributed by atoms with van der Waals surface area (Å²) in [5.41, 5.74) is 0.376. The molecule has 21 heavy (non-hydrogen) atoms. The molecule has 1 N–H and O–H groups in total. The zero-order valence-corrected chi connectivity index (χ0v) is 14.3. The van der Waals surface area contributed by atoms with Gasteiger partial charge in [-0.25, -0.2) is 0 Å². The number of rotatable bonds is 4. The Bertz CT molecular complexity index is 488. The summed E-state index contributed by atoms with van der Waals surface area (Å²) in [6, 6.07) is 5.50. The Morgan fingerprint density at radius 2 is 1.95 bits per heavy atom. The van der Waals surface area contributed by atoms with Gasteiger partial charge >= 0.3 is 0 Å². The first-order valence-corrected chi connectivity index (χ1v) is 8.26. The summed E-state index contributed by atoms with van der Waals surface area (Å²) in [6.07, 6.45) is 4.83. The fourth-order valence-corrected chi connectivity index (χ4v) is 3.65. The van der Waals surface area contributed by atoms with Crippen LogP contribution in [0.3, 0.4) is 0 Å². The molecule has 0 spiro atoms. The Balaban J connectivity index is 2.21. The lowest BCUT2D eigenvalue weighted by Gasteiger charge is -2.43. The third kappa shape index (κ3) is 3.37. The zero-order valence-electron chi connectivity index (χ0n) is 13.6. The van der Waals surface area contributed by atoms with E-state index in [1.165, 1.54) is 6.42 Å². The molecule has 1 saturated carbocycles. The van der Waals surface area contributed by atoms with Gasteiger partial charge in [-0.15, -0.1) is 0 Å². The molecule has 1 aromatic rings. The van der Waals surface area contributed by atoms with Crippen LogP contribution >= 0.6 is 11.6 Å². The molecule has 0 aromatic heterocycles. The van der Waals surface area contributed by atoms with Gasteiger partial charge in [0, 0.05) is 10.6 Å². The van der Waals surface area contributed by atoms with Crippen molar-refractivity contribution in [1.29, 1.82) is 0 Å². The van der Waals surface area contributed by atoms with E-state index in [4.69, 9.17) is 16.3 Å². The van der Waals surface area contributed by atoms with Crippen LogP contribution in [0.15, 0.2) is 18.2 Å². The molecule has 1 aliphatic carbocycles. The van der Waals surface area contributed by atoms with Gasteiger partial charge in [0.25, 0.3) is 0 Å². The van der Waals surface area contributed by atoms with E-state index in [-0.39, 0.29) is 0 Å². The van der Waals surface area contributed by atoms with E-state index in [1.54, 1.807) is 13.2 Å². The number of benzene rings is 1. The van der Waals surface area contributed by atoms with Crippen LogP contribution in [0.5, 0.6) is 5.75 Å². The van der Waals surface area contributed by atoms with Crippen LogP contribution in [0.4, 0.5) is 0 Å². The van der Waals surface area contributed by atoms with E-state index in [0.717, 1.165) is 37.0 Å². The maximum Gasteiger partial charge on any atom is 0.125 e. The predicted octanol–water partition coefficient (Wildman–Crippen LogP) is 5.16. The highest BCUT2D eigenvalue weighted by molar-refractivity contribution is 6.30. The van der Waals surface area contributed by atoms with E-state index in [0.29, 0.717) is 16.4 Å². The molecule has 0 bridgehead atoms. The fourth-order valence-electron chi connectivity index (χ4n) is 3.48. The Morgan fingerprint density at radius 3 is 2.48 bits per heavy atom. The molecule has 118 valence electrons. The van der Waals surface area contributed by atoms with Crippen molar-refractivity contribution in [3.05, 3.63) is 28.8 Å². The second-order valence-corrected chi connectivity index (χ2v) is 7.43. The number of aliphatic hydroxyl groups is 1. The number of methoxy groups -OCH3 is 1. The van der Waals surface area contributed by atoms with Gasteiger partial charge in [-0.2, -0.15) is 0 Å². The Morgan fingerprint density at radius 1 is 1.33 bits per heavy atom. The number of hydrogen-bond donors (Lipinski definition) is 1. The molecule has 0 heterocycles. The highest BCUT2D eigenvalue weighted by Crippen LogP contribution is 2.48. The lowest BCUT2D eigenvalue weighted by molar-refractivity contribution is -0.0342. The average molecular weight is 311 g/mol. The van der Waals surface area contributed by atoms with E-state index < -0.39 is 5.60 Å². The summed E-state index contributed by atoms with van der Waals surface area (Å²) in [4.78, 5) is 0. The maximum atomic E-state index is 11.1. The highest BCUT2D eigenvalue weighted by Gasteiger charge is 2.40. The minimum Gasteiger partial charge on any atom is -0.496 e. The predicted molar refractivity (Wildman–Crippen MR) is 87.9 cm³/mol. The molecule has 0 amide bonds. The largest absolute Gasteiger partial charge is 0.496 e. The molecule has 3 heteroatoms. The third-order valence-corrected chi connectivity index (χ3v) is 5.73. The lowest BCUT2D eigenvalue weighted by Crippen LogP contribution is -2.36. The topological polar surface area (TPSA) is 29.5 Å². The van der Waals surface area contributed by atoms with Gasteiger partial charge in [0.1, 0.15) is 5.75 Å². The van der Waals surface area contributed by atoms with Crippen molar-refractivity contribution in [3.63, 3.8) is 0 Å². The number of ether oxygens (including phenoxy) is 1. The number of halogens is 1. The summed E-state index contributed by atoms with van der Waals surface area (Å²) in [7, 11) is 1.64. The molecular weight excluding hydrogens is 284 g/mol. The molecule has 2 rings (SSSR count). The molecule has 2 nitrogen and oxygen atoms in total. The Kier molecular flexibility index (Phi) is 4.89. The van der Waals surface area contributed by atoms with Gasteiger partial charge in [0.05, 0.1) is 12.7 Å². The van der Waals surface area contributed by atoms with Crippen LogP contribution in [0, 0.1) is 11.3 Å². The van der Waals surface area contributed by atoms with Gasteiger partial charge in [-0.3, -0.25) is 0 Å². The lowest BCUT2D eigenvalue weighted by atomic mass is 9.65. The minimum atomic E-state index is -0.809. The summed E-state index contributed by atoms with van der Waals surface area (Å²) in [5, 5.41) is 11.7. The fraction of sp³-hybridized carbons (Fsp3) is 0.667. The van der Waals surface area contributed by atoms with Crippen molar-refractivity contribution in [2.24, 2.45) is 11.3 Å². The van der Waals surface area contributed by atoms with Gasteiger partial charge in [0.15, 0.2) is 0 Å². The standard InChI is InChI=1S/C18H27ClO2/c1-5-17(2,3)13-8-10-18(20,11-9-13)15-12-14(19)6-7-16(15)21-4/h6-7,12-13,20H,5,8-11H2,1-4H3. The van der Waals surface area contributed by atoms with Crippen molar-refractivity contribution >= 4 is 11.6 Å². The molecule has 0 aliphatic heterocycles. The summed E-state index contributed by atoms with van der Waals surface area (Å²) >= 11 is 6.11. The van der Waals surface area contributed by atoms with Gasteiger partial charge in [-0.1, -0.05) is 38.8 Å². The van der Waals surface area contributed by atoms with Crippen molar-refractivity contribution in [1.82, 2.24) is 0 Å². The first kappa shape index (κ1) is 16.6. The van der Waals surface area contributed by atoms with Crippen molar-refractivity contribution in [2.75, 3.05) is 7.11 Å². The molecule has 1 aromatic carbocycles. The van der Waals surface area contributed by atoms with Crippen LogP contribution < -0.4 is 4.74 Å². The molecule has 1 aliphatic rings. The quantitative estimate of drug-likeness (QED) is 0.832. The normalized spacial score (nSPS) is 26.7. The van der Waals surface area contributed by atoms with Crippen molar-refractivity contribution < 1.29 is 9.84 Å². The van der Waals surface area contributed by atoms with Crippen molar-refractivity contribution in [3.8, 4) is 5.75 Å². The van der Waals surface area contributed by atoms with Crippen molar-refractivity contribution in [2.45, 2.75) is 58.5 Å². The summed E-state index contributed by atoms with van der Waals surface area (Å²) < 4.78 is 5.42. The third-order valence-electron chi connectivity index (χ3n) is 5.49. The maximum absolute atomic E-state index is 11.1. The summed E-state index contributed by atoms with van der Waals surface area (Å²) in [5.74, 6) is 1.41. The van der Waals surface area contributed by atoms with E-state index in [9.17, 15) is 5.11 Å². The van der Waals surface area contributed by atoms with Crippen LogP contribution in [-0.4, -0.2) is 12.2 Å². The van der Waals surface area contributed by atoms with E-state index in [2.05, 4.69) is 20.8 Å². The molecule has 0 saturated heterocycles. The monoisotopic (exact) mass is 310 g/mol. The molecule has 0 atom stereocenters. The highest BCUT2D eigenvalue weighted by atomic mass is 35.5. The first-order valence-electron chi connectivity index (χ1n) is 7.89. The van der Waals surface area contributed by atoms with Crippen LogP contribution in [0.1, 0.15) is 58.4 Å². The van der Waals surface area contributed by atoms with Gasteiger partial charge in [-0.05, 0) is 55.2 Å². The second-order valence-electron chi connectivity index (χ2n) is 6.99. The minimum absolute atomic E-state index is 0.347. The van der Waals surface area contributed by atoms with E-state index in [1.807, 2.05) is 12.1 Å². The summed E-state index contributed by atoms with van der Waals surface area (Å²) in [6.45, 7) is 6.92. The number of hydrogen-bond acceptors (Lipinski definition) is 2. The van der Waals surface area contributed by atoms with Crippen LogP contribution in [0.25, 0.3) is 0 Å². The van der Waals surface area contributed by atoms with Gasteiger partial charge in [0.2, 0.25) is 0 Å². The average Bonchev–Trinajstić information content (AvgIpc) is 2.47. The SMILES string of the molecule is CCC(C)(C)C1CCC(O)(c2cc(Cl)ccc2OC)CC1. The van der Waals surface area contributed by atoms with E-state index >= 15 is 0 Å². The van der Waals surface area contributed by atoms with Crippen LogP contribution in [0.2, 0.25) is 5.02 Å². The second kappa shape index (κ2) is 6.18. The molecule has 1 fully saturated rings. The van der Waals surface area contributed by atoms with Gasteiger partial charge < -0.3 is 9.84 Å². The molecular formula is C18H27ClO2.